The number of aromatic nitrogens is 2. The minimum absolute atomic E-state index is 0.0129. The maximum absolute atomic E-state index is 14.6. The number of hydrogen-bond donors (Lipinski definition) is 1. The third-order valence-electron chi connectivity index (χ3n) is 5.72. The number of carbonyl (C=O) groups is 2. The summed E-state index contributed by atoms with van der Waals surface area (Å²) in [5, 5.41) is 2.81. The molecule has 0 bridgehead atoms. The number of rotatable bonds is 4. The first-order valence-electron chi connectivity index (χ1n) is 11.4. The number of fused-ring (bicyclic) bond motifs is 1. The number of anilines is 3. The molecule has 2 aliphatic rings. The van der Waals surface area contributed by atoms with Crippen molar-refractivity contribution in [1.29, 1.82) is 0 Å². The lowest BCUT2D eigenvalue weighted by molar-refractivity contribution is -0.122. The second-order valence-corrected chi connectivity index (χ2v) is 11.7. The summed E-state index contributed by atoms with van der Waals surface area (Å²) in [6.07, 6.45) is 2.85. The van der Waals surface area contributed by atoms with Gasteiger partial charge in [0.15, 0.2) is 28.1 Å². The molecule has 0 saturated carbocycles. The van der Waals surface area contributed by atoms with Crippen molar-refractivity contribution in [2.75, 3.05) is 36.2 Å². The Hall–Kier alpha value is -3.48. The molecule has 13 heteroatoms. The molecular formula is C23H28FN5O6S. The topological polar surface area (TPSA) is 131 Å². The molecule has 11 nitrogen and oxygen atoms in total. The molecule has 0 unspecified atom stereocenters. The van der Waals surface area contributed by atoms with Gasteiger partial charge in [0.1, 0.15) is 17.7 Å². The summed E-state index contributed by atoms with van der Waals surface area (Å²) in [7, 11) is -3.57. The van der Waals surface area contributed by atoms with Crippen LogP contribution in [0.3, 0.4) is 0 Å². The van der Waals surface area contributed by atoms with Gasteiger partial charge in [-0.15, -0.1) is 0 Å². The Kier molecular flexibility index (Phi) is 6.78. The molecule has 1 saturated heterocycles. The van der Waals surface area contributed by atoms with E-state index in [1.54, 1.807) is 30.6 Å². The van der Waals surface area contributed by atoms with Crippen LogP contribution in [0.5, 0.6) is 5.75 Å². The van der Waals surface area contributed by atoms with E-state index >= 15 is 0 Å². The number of halogens is 1. The van der Waals surface area contributed by atoms with Gasteiger partial charge in [-0.25, -0.2) is 27.6 Å². The van der Waals surface area contributed by atoms with Crippen LogP contribution in [0, 0.1) is 5.82 Å². The predicted octanol–water partition coefficient (Wildman–Crippen LogP) is 2.89. The van der Waals surface area contributed by atoms with Crippen LogP contribution in [-0.4, -0.2) is 72.9 Å². The fourth-order valence-corrected chi connectivity index (χ4v) is 4.68. The van der Waals surface area contributed by atoms with Crippen molar-refractivity contribution in [3.8, 4) is 5.75 Å². The number of benzene rings is 1. The summed E-state index contributed by atoms with van der Waals surface area (Å²) < 4.78 is 49.0. The lowest BCUT2D eigenvalue weighted by atomic mass is 10.0. The smallest absolute Gasteiger partial charge is 0.410 e. The highest BCUT2D eigenvalue weighted by Crippen LogP contribution is 2.39. The first-order chi connectivity index (χ1) is 16.8. The Morgan fingerprint density at radius 3 is 2.53 bits per heavy atom. The van der Waals surface area contributed by atoms with Crippen molar-refractivity contribution >= 4 is 39.2 Å². The molecule has 0 radical (unpaired) electrons. The van der Waals surface area contributed by atoms with Gasteiger partial charge in [0.2, 0.25) is 5.75 Å². The number of hydrogen-bond acceptors (Lipinski definition) is 9. The van der Waals surface area contributed by atoms with Crippen LogP contribution in [0.4, 0.5) is 26.5 Å². The highest BCUT2D eigenvalue weighted by Gasteiger charge is 2.37. The second kappa shape index (κ2) is 9.52. The highest BCUT2D eigenvalue weighted by molar-refractivity contribution is 7.90. The van der Waals surface area contributed by atoms with Crippen molar-refractivity contribution < 1.29 is 31.9 Å². The molecule has 0 aliphatic carbocycles. The third-order valence-corrected chi connectivity index (χ3v) is 6.84. The maximum atomic E-state index is 14.6. The minimum atomic E-state index is -3.57. The van der Waals surface area contributed by atoms with Crippen LogP contribution in [-0.2, 0) is 19.4 Å². The molecule has 0 atom stereocenters. The molecule has 1 aromatic carbocycles. The van der Waals surface area contributed by atoms with E-state index in [0.717, 1.165) is 12.3 Å². The molecular weight excluding hydrogens is 493 g/mol. The second-order valence-electron chi connectivity index (χ2n) is 9.66. The van der Waals surface area contributed by atoms with Gasteiger partial charge >= 0.3 is 6.09 Å². The van der Waals surface area contributed by atoms with Crippen LogP contribution in [0.2, 0.25) is 0 Å². The molecule has 2 aromatic rings. The standard InChI is InChI=1S/C23H28FN5O6S/c1-23(2,3)35-22(31)28-9-7-14(8-10-28)29-18(30)12-34-19-20(25-13-26-21(19)29)27-17-6-5-15(11-16(17)24)36(4,32)33/h5-6,11,13-14H,7-10,12H2,1-4H3,(H,25,26,27). The van der Waals surface area contributed by atoms with Gasteiger partial charge in [-0.3, -0.25) is 9.69 Å². The van der Waals surface area contributed by atoms with E-state index in [0.29, 0.717) is 25.9 Å². The third kappa shape index (κ3) is 5.50. The SMILES string of the molecule is CC(C)(C)OC(=O)N1CCC(N2C(=O)COc3c(Nc4ccc(S(C)(=O)=O)cc4F)ncnc32)CC1. The van der Waals surface area contributed by atoms with Gasteiger partial charge in [-0.1, -0.05) is 0 Å². The average Bonchev–Trinajstić information content (AvgIpc) is 2.79. The summed E-state index contributed by atoms with van der Waals surface area (Å²) in [5.74, 6) is -0.518. The molecule has 0 spiro atoms. The molecule has 194 valence electrons. The van der Waals surface area contributed by atoms with Crippen LogP contribution in [0.1, 0.15) is 33.6 Å². The van der Waals surface area contributed by atoms with Gasteiger partial charge in [0.05, 0.1) is 10.6 Å². The Bertz CT molecular complexity index is 1290. The number of amides is 2. The van der Waals surface area contributed by atoms with Gasteiger partial charge in [0.25, 0.3) is 5.91 Å². The van der Waals surface area contributed by atoms with E-state index < -0.39 is 27.3 Å². The number of likely N-dealkylation sites (tertiary alicyclic amines) is 1. The zero-order valence-corrected chi connectivity index (χ0v) is 21.3. The zero-order chi connectivity index (χ0) is 26.3. The van der Waals surface area contributed by atoms with E-state index in [2.05, 4.69) is 15.3 Å². The zero-order valence-electron chi connectivity index (χ0n) is 20.4. The molecule has 3 heterocycles. The fourth-order valence-electron chi connectivity index (χ4n) is 4.04. The lowest BCUT2D eigenvalue weighted by Crippen LogP contribution is -2.52. The maximum Gasteiger partial charge on any atom is 0.410 e. The molecule has 4 rings (SSSR count). The largest absolute Gasteiger partial charge is 0.476 e. The normalized spacial score (nSPS) is 16.9. The molecule has 2 amide bonds. The first-order valence-corrected chi connectivity index (χ1v) is 13.3. The molecule has 1 fully saturated rings. The lowest BCUT2D eigenvalue weighted by Gasteiger charge is -2.40. The predicted molar refractivity (Wildman–Crippen MR) is 129 cm³/mol. The van der Waals surface area contributed by atoms with Gasteiger partial charge < -0.3 is 19.7 Å². The van der Waals surface area contributed by atoms with Gasteiger partial charge in [-0.2, -0.15) is 0 Å². The van der Waals surface area contributed by atoms with E-state index in [4.69, 9.17) is 9.47 Å². The average molecular weight is 522 g/mol. The Labute approximate surface area is 208 Å². The molecule has 36 heavy (non-hydrogen) atoms. The Morgan fingerprint density at radius 2 is 1.92 bits per heavy atom. The van der Waals surface area contributed by atoms with Crippen LogP contribution in [0.15, 0.2) is 29.4 Å². The Balaban J connectivity index is 1.54. The van der Waals surface area contributed by atoms with Crippen molar-refractivity contribution in [2.24, 2.45) is 0 Å². The molecule has 2 aliphatic heterocycles. The van der Waals surface area contributed by atoms with Crippen LogP contribution >= 0.6 is 0 Å². The minimum Gasteiger partial charge on any atom is -0.476 e. The summed E-state index contributed by atoms with van der Waals surface area (Å²) in [6.45, 7) is 5.98. The van der Waals surface area contributed by atoms with E-state index in [1.807, 2.05) is 0 Å². The summed E-state index contributed by atoms with van der Waals surface area (Å²) in [4.78, 5) is 36.6. The summed E-state index contributed by atoms with van der Waals surface area (Å²) in [6, 6.07) is 3.26. The van der Waals surface area contributed by atoms with Gasteiger partial charge in [-0.05, 0) is 51.8 Å². The van der Waals surface area contributed by atoms with Crippen LogP contribution < -0.4 is 15.0 Å². The van der Waals surface area contributed by atoms with Gasteiger partial charge in [0, 0.05) is 25.4 Å². The van der Waals surface area contributed by atoms with Crippen molar-refractivity contribution in [1.82, 2.24) is 14.9 Å². The number of nitrogens with one attached hydrogen (secondary N) is 1. The monoisotopic (exact) mass is 521 g/mol. The Morgan fingerprint density at radius 1 is 1.22 bits per heavy atom. The first kappa shape index (κ1) is 25.6. The highest BCUT2D eigenvalue weighted by atomic mass is 32.2. The van der Waals surface area contributed by atoms with Crippen LogP contribution in [0.25, 0.3) is 0 Å². The van der Waals surface area contributed by atoms with E-state index in [-0.39, 0.29) is 46.5 Å². The number of piperidine rings is 1. The quantitative estimate of drug-likeness (QED) is 0.645. The summed E-state index contributed by atoms with van der Waals surface area (Å²) in [5.41, 5.74) is -0.612. The van der Waals surface area contributed by atoms with Crippen molar-refractivity contribution in [2.45, 2.75) is 50.2 Å². The van der Waals surface area contributed by atoms with E-state index in [1.165, 1.54) is 18.5 Å². The number of ether oxygens (including phenoxy) is 2. The number of carbonyl (C=O) groups excluding carboxylic acids is 2. The number of sulfone groups is 1. The van der Waals surface area contributed by atoms with Crippen molar-refractivity contribution in [3.05, 3.63) is 30.3 Å². The fraction of sp³-hybridized carbons (Fsp3) is 0.478. The summed E-state index contributed by atoms with van der Waals surface area (Å²) >= 11 is 0. The molecule has 1 N–H and O–H groups in total. The molecule has 1 aromatic heterocycles. The van der Waals surface area contributed by atoms with Crippen molar-refractivity contribution in [3.63, 3.8) is 0 Å². The number of nitrogens with zero attached hydrogens (tertiary/aromatic N) is 4. The van der Waals surface area contributed by atoms with E-state index in [9.17, 15) is 22.4 Å².